The summed E-state index contributed by atoms with van der Waals surface area (Å²) in [6.07, 6.45) is 4.78. The Morgan fingerprint density at radius 3 is 2.65 bits per heavy atom. The van der Waals surface area contributed by atoms with Crippen molar-refractivity contribution in [2.24, 2.45) is 5.92 Å². The van der Waals surface area contributed by atoms with Crippen LogP contribution in [-0.4, -0.2) is 20.5 Å². The lowest BCUT2D eigenvalue weighted by molar-refractivity contribution is 0.538. The van der Waals surface area contributed by atoms with Crippen molar-refractivity contribution in [2.75, 3.05) is 0 Å². The third-order valence-corrected chi connectivity index (χ3v) is 6.89. The molecule has 2 saturated carbocycles. The summed E-state index contributed by atoms with van der Waals surface area (Å²) in [7, 11) is -3.36. The fourth-order valence-electron chi connectivity index (χ4n) is 2.41. The maximum Gasteiger partial charge on any atom is 0.241 e. The fraction of sp³-hybridized carbons (Fsp3) is 0.714. The van der Waals surface area contributed by atoms with Crippen molar-refractivity contribution in [3.63, 3.8) is 0 Å². The Labute approximate surface area is 125 Å². The average Bonchev–Trinajstić information content (AvgIpc) is 3.24. The van der Waals surface area contributed by atoms with Crippen LogP contribution in [0, 0.1) is 12.8 Å². The summed E-state index contributed by atoms with van der Waals surface area (Å²) in [5.74, 6) is 0.528. The fourth-order valence-corrected chi connectivity index (χ4v) is 5.31. The highest BCUT2D eigenvalue weighted by Crippen LogP contribution is 2.34. The minimum Gasteiger partial charge on any atom is -0.309 e. The number of rotatable bonds is 7. The van der Waals surface area contributed by atoms with E-state index in [-0.39, 0.29) is 6.04 Å². The first-order chi connectivity index (χ1) is 9.45. The average molecular weight is 314 g/mol. The number of aryl methyl sites for hydroxylation is 1. The molecule has 4 nitrogen and oxygen atoms in total. The van der Waals surface area contributed by atoms with Gasteiger partial charge in [-0.2, -0.15) is 0 Å². The SMILES string of the molecule is Cc1sc(CNC2CC2)cc1S(=O)(=O)NC(C)C1CC1. The first-order valence-corrected chi connectivity index (χ1v) is 9.60. The van der Waals surface area contributed by atoms with Crippen LogP contribution < -0.4 is 10.0 Å². The lowest BCUT2D eigenvalue weighted by Gasteiger charge is -2.12. The molecule has 2 N–H and O–H groups in total. The summed E-state index contributed by atoms with van der Waals surface area (Å²) in [6, 6.07) is 2.52. The highest BCUT2D eigenvalue weighted by Gasteiger charge is 2.32. The van der Waals surface area contributed by atoms with Crippen LogP contribution in [0.25, 0.3) is 0 Å². The van der Waals surface area contributed by atoms with E-state index in [1.165, 1.54) is 12.8 Å². The molecule has 1 unspecified atom stereocenters. The second-order valence-corrected chi connectivity index (χ2v) is 9.06. The predicted molar refractivity (Wildman–Crippen MR) is 81.4 cm³/mol. The van der Waals surface area contributed by atoms with Crippen molar-refractivity contribution in [3.8, 4) is 0 Å². The molecule has 1 aromatic heterocycles. The molecule has 0 aliphatic heterocycles. The molecule has 2 aliphatic rings. The largest absolute Gasteiger partial charge is 0.309 e. The molecule has 3 rings (SSSR count). The molecule has 0 spiro atoms. The zero-order chi connectivity index (χ0) is 14.3. The van der Waals surface area contributed by atoms with Crippen LogP contribution in [0.15, 0.2) is 11.0 Å². The molecular weight excluding hydrogens is 292 g/mol. The maximum atomic E-state index is 12.4. The van der Waals surface area contributed by atoms with Gasteiger partial charge in [-0.15, -0.1) is 11.3 Å². The van der Waals surface area contributed by atoms with Gasteiger partial charge >= 0.3 is 0 Å². The van der Waals surface area contributed by atoms with Gasteiger partial charge in [0.25, 0.3) is 0 Å². The van der Waals surface area contributed by atoms with Crippen molar-refractivity contribution in [2.45, 2.75) is 63.1 Å². The summed E-state index contributed by atoms with van der Waals surface area (Å²) in [5, 5.41) is 3.43. The lowest BCUT2D eigenvalue weighted by Crippen LogP contribution is -2.34. The van der Waals surface area contributed by atoms with Crippen LogP contribution >= 0.6 is 11.3 Å². The highest BCUT2D eigenvalue weighted by molar-refractivity contribution is 7.89. The van der Waals surface area contributed by atoms with Gasteiger partial charge in [0.15, 0.2) is 0 Å². The second kappa shape index (κ2) is 5.40. The Morgan fingerprint density at radius 1 is 1.35 bits per heavy atom. The van der Waals surface area contributed by atoms with Crippen LogP contribution in [0.4, 0.5) is 0 Å². The van der Waals surface area contributed by atoms with E-state index in [1.807, 2.05) is 19.9 Å². The smallest absolute Gasteiger partial charge is 0.241 e. The van der Waals surface area contributed by atoms with Crippen molar-refractivity contribution in [1.82, 2.24) is 10.0 Å². The van der Waals surface area contributed by atoms with Gasteiger partial charge in [-0.1, -0.05) is 0 Å². The number of sulfonamides is 1. The molecule has 0 bridgehead atoms. The molecule has 0 radical (unpaired) electrons. The monoisotopic (exact) mass is 314 g/mol. The van der Waals surface area contributed by atoms with Crippen molar-refractivity contribution in [1.29, 1.82) is 0 Å². The van der Waals surface area contributed by atoms with Gasteiger partial charge in [-0.3, -0.25) is 0 Å². The molecule has 0 aromatic carbocycles. The van der Waals surface area contributed by atoms with E-state index in [2.05, 4.69) is 10.0 Å². The third-order valence-electron chi connectivity index (χ3n) is 4.03. The third kappa shape index (κ3) is 3.42. The summed E-state index contributed by atoms with van der Waals surface area (Å²) in [4.78, 5) is 2.45. The summed E-state index contributed by atoms with van der Waals surface area (Å²) in [6.45, 7) is 4.64. The summed E-state index contributed by atoms with van der Waals surface area (Å²) < 4.78 is 27.7. The summed E-state index contributed by atoms with van der Waals surface area (Å²) >= 11 is 1.58. The Balaban J connectivity index is 1.70. The predicted octanol–water partition coefficient (Wildman–Crippen LogP) is 2.39. The van der Waals surface area contributed by atoms with Gasteiger partial charge in [0, 0.05) is 28.4 Å². The normalized spacial score (nSPS) is 21.1. The Bertz CT molecular complexity index is 586. The van der Waals surface area contributed by atoms with E-state index in [0.29, 0.717) is 16.9 Å². The molecule has 6 heteroatoms. The van der Waals surface area contributed by atoms with E-state index in [1.54, 1.807) is 11.3 Å². The minimum atomic E-state index is -3.36. The zero-order valence-electron chi connectivity index (χ0n) is 12.0. The van der Waals surface area contributed by atoms with Gasteiger partial charge in [0.1, 0.15) is 0 Å². The van der Waals surface area contributed by atoms with Crippen molar-refractivity contribution >= 4 is 21.4 Å². The molecule has 2 aliphatic carbocycles. The Kier molecular flexibility index (Phi) is 3.92. The quantitative estimate of drug-likeness (QED) is 0.812. The van der Waals surface area contributed by atoms with E-state index < -0.39 is 10.0 Å². The van der Waals surface area contributed by atoms with Crippen molar-refractivity contribution in [3.05, 3.63) is 15.8 Å². The standard InChI is InChI=1S/C14H22N2O2S2/c1-9(11-3-4-11)16-20(17,18)14-7-13(19-10(14)2)8-15-12-5-6-12/h7,9,11-12,15-16H,3-6,8H2,1-2H3. The number of thiophene rings is 1. The van der Waals surface area contributed by atoms with E-state index in [4.69, 9.17) is 0 Å². The Morgan fingerprint density at radius 2 is 2.05 bits per heavy atom. The van der Waals surface area contributed by atoms with Gasteiger partial charge in [0.05, 0.1) is 4.90 Å². The molecule has 1 heterocycles. The lowest BCUT2D eigenvalue weighted by atomic mass is 10.2. The number of hydrogen-bond donors (Lipinski definition) is 2. The number of nitrogens with one attached hydrogen (secondary N) is 2. The molecular formula is C14H22N2O2S2. The first kappa shape index (κ1) is 14.5. The van der Waals surface area contributed by atoms with Gasteiger partial charge in [-0.25, -0.2) is 13.1 Å². The molecule has 1 atom stereocenters. The van der Waals surface area contributed by atoms with Crippen LogP contribution in [0.2, 0.25) is 0 Å². The number of hydrogen-bond acceptors (Lipinski definition) is 4. The van der Waals surface area contributed by atoms with Gasteiger partial charge in [0.2, 0.25) is 10.0 Å². The topological polar surface area (TPSA) is 58.2 Å². The molecule has 0 saturated heterocycles. The van der Waals surface area contributed by atoms with E-state index >= 15 is 0 Å². The van der Waals surface area contributed by atoms with Crippen LogP contribution in [0.1, 0.15) is 42.4 Å². The van der Waals surface area contributed by atoms with Crippen LogP contribution in [0.3, 0.4) is 0 Å². The van der Waals surface area contributed by atoms with Gasteiger partial charge < -0.3 is 5.32 Å². The molecule has 2 fully saturated rings. The zero-order valence-corrected chi connectivity index (χ0v) is 13.6. The second-order valence-electron chi connectivity index (χ2n) is 6.04. The molecule has 1 aromatic rings. The summed E-state index contributed by atoms with van der Waals surface area (Å²) in [5.41, 5.74) is 0. The highest BCUT2D eigenvalue weighted by atomic mass is 32.2. The van der Waals surface area contributed by atoms with Gasteiger partial charge in [-0.05, 0) is 51.5 Å². The molecule has 112 valence electrons. The first-order valence-electron chi connectivity index (χ1n) is 7.31. The molecule has 0 amide bonds. The minimum absolute atomic E-state index is 0.0485. The Hall–Kier alpha value is -0.430. The molecule has 20 heavy (non-hydrogen) atoms. The van der Waals surface area contributed by atoms with Crippen LogP contribution in [-0.2, 0) is 16.6 Å². The van der Waals surface area contributed by atoms with Crippen molar-refractivity contribution < 1.29 is 8.42 Å². The van der Waals surface area contributed by atoms with E-state index in [9.17, 15) is 8.42 Å². The van der Waals surface area contributed by atoms with Crippen LogP contribution in [0.5, 0.6) is 0 Å². The maximum absolute atomic E-state index is 12.4. The van der Waals surface area contributed by atoms with E-state index in [0.717, 1.165) is 29.1 Å².